The molecule has 0 spiro atoms. The van der Waals surface area contributed by atoms with Crippen molar-refractivity contribution in [2.45, 2.75) is 57.8 Å². The van der Waals surface area contributed by atoms with Crippen molar-refractivity contribution in [2.75, 3.05) is 12.8 Å². The molecule has 0 bridgehead atoms. The molecule has 2 unspecified atom stereocenters. The van der Waals surface area contributed by atoms with Crippen molar-refractivity contribution < 1.29 is 14.6 Å². The fourth-order valence-electron chi connectivity index (χ4n) is 3.66. The first-order chi connectivity index (χ1) is 13.9. The third-order valence-electron chi connectivity index (χ3n) is 5.26. The van der Waals surface area contributed by atoms with Crippen LogP contribution in [0.15, 0.2) is 24.5 Å². The molecule has 2 aliphatic heterocycles. The molecule has 0 amide bonds. The summed E-state index contributed by atoms with van der Waals surface area (Å²) in [5.41, 5.74) is 7.66. The van der Waals surface area contributed by atoms with Crippen LogP contribution in [0.2, 0.25) is 0 Å². The van der Waals surface area contributed by atoms with Gasteiger partial charge in [-0.2, -0.15) is 0 Å². The lowest BCUT2D eigenvalue weighted by Gasteiger charge is -2.18. The number of imidazole rings is 1. The Morgan fingerprint density at radius 3 is 2.76 bits per heavy atom. The van der Waals surface area contributed by atoms with Crippen LogP contribution in [0.4, 0.5) is 5.82 Å². The highest BCUT2D eigenvalue weighted by atomic mass is 16.5. The Morgan fingerprint density at radius 2 is 2.07 bits per heavy atom. The van der Waals surface area contributed by atoms with E-state index in [0.29, 0.717) is 36.0 Å². The number of hydrogen-bond donors (Lipinski definition) is 2. The molecule has 2 atom stereocenters. The zero-order chi connectivity index (χ0) is 20.5. The van der Waals surface area contributed by atoms with Gasteiger partial charge in [-0.25, -0.2) is 15.0 Å². The van der Waals surface area contributed by atoms with Gasteiger partial charge in [0, 0.05) is 12.3 Å². The number of ether oxygens (including phenoxy) is 2. The van der Waals surface area contributed by atoms with Crippen LogP contribution in [0.1, 0.15) is 50.4 Å². The molecular formula is C21H27N5O3. The van der Waals surface area contributed by atoms with Gasteiger partial charge in [0.2, 0.25) is 0 Å². The van der Waals surface area contributed by atoms with Gasteiger partial charge >= 0.3 is 0 Å². The van der Waals surface area contributed by atoms with Crippen molar-refractivity contribution in [1.29, 1.82) is 0 Å². The summed E-state index contributed by atoms with van der Waals surface area (Å²) in [7, 11) is 1.63. The molecule has 4 rings (SSSR count). The number of aromatic nitrogens is 4. The van der Waals surface area contributed by atoms with Crippen molar-refractivity contribution in [3.05, 3.63) is 35.9 Å². The van der Waals surface area contributed by atoms with E-state index in [2.05, 4.69) is 28.8 Å². The fourth-order valence-corrected chi connectivity index (χ4v) is 3.66. The van der Waals surface area contributed by atoms with E-state index < -0.39 is 0 Å². The zero-order valence-electron chi connectivity index (χ0n) is 17.0. The van der Waals surface area contributed by atoms with Gasteiger partial charge < -0.3 is 24.9 Å². The molecule has 2 heterocycles. The first-order valence-electron chi connectivity index (χ1n) is 9.94. The van der Waals surface area contributed by atoms with Crippen LogP contribution in [0, 0.1) is 0 Å². The van der Waals surface area contributed by atoms with Crippen LogP contribution in [-0.4, -0.2) is 43.9 Å². The summed E-state index contributed by atoms with van der Waals surface area (Å²) in [4.78, 5) is 13.5. The third-order valence-corrected chi connectivity index (χ3v) is 5.26. The quantitative estimate of drug-likeness (QED) is 0.658. The fraction of sp³-hybridized carbons (Fsp3) is 0.476. The predicted molar refractivity (Wildman–Crippen MR) is 109 cm³/mol. The number of aliphatic hydroxyl groups is 1. The number of benzene rings is 1. The van der Waals surface area contributed by atoms with Gasteiger partial charge in [-0.05, 0) is 30.5 Å². The SMILES string of the molecule is COc1ccc(Cn2cnc(N)c3nc(C(C)C)nc2-3)cc1OC1CCC(O)C1. The number of methoxy groups -OCH3 is 1. The minimum Gasteiger partial charge on any atom is -0.493 e. The maximum Gasteiger partial charge on any atom is 0.166 e. The molecule has 1 fully saturated rings. The number of hydrogen-bond acceptors (Lipinski definition) is 7. The van der Waals surface area contributed by atoms with Gasteiger partial charge in [-0.3, -0.25) is 0 Å². The summed E-state index contributed by atoms with van der Waals surface area (Å²) >= 11 is 0. The number of nitrogens with zero attached hydrogens (tertiary/aromatic N) is 4. The first-order valence-corrected chi connectivity index (χ1v) is 9.94. The van der Waals surface area contributed by atoms with E-state index in [4.69, 9.17) is 15.2 Å². The summed E-state index contributed by atoms with van der Waals surface area (Å²) in [6.07, 6.45) is 3.66. The number of nitrogens with two attached hydrogens (primary N) is 1. The number of anilines is 1. The first kappa shape index (κ1) is 19.4. The Kier molecular flexibility index (Phi) is 5.27. The lowest BCUT2D eigenvalue weighted by Crippen LogP contribution is -2.14. The van der Waals surface area contributed by atoms with Gasteiger partial charge in [-0.1, -0.05) is 19.9 Å². The summed E-state index contributed by atoms with van der Waals surface area (Å²) in [6, 6.07) is 5.86. The maximum absolute atomic E-state index is 9.77. The summed E-state index contributed by atoms with van der Waals surface area (Å²) < 4.78 is 13.5. The van der Waals surface area contributed by atoms with E-state index in [1.54, 1.807) is 13.4 Å². The van der Waals surface area contributed by atoms with Crippen molar-refractivity contribution in [3.63, 3.8) is 0 Å². The molecule has 8 nitrogen and oxygen atoms in total. The topological polar surface area (TPSA) is 108 Å². The van der Waals surface area contributed by atoms with Crippen molar-refractivity contribution in [3.8, 4) is 23.0 Å². The van der Waals surface area contributed by atoms with Crippen LogP contribution in [0.3, 0.4) is 0 Å². The standard InChI is InChI=1S/C21H27N5O3/c1-12(2)20-24-18-19(22)23-11-26(21(18)25-20)10-13-4-7-16(28-3)17(8-13)29-15-6-5-14(27)9-15/h4,7-8,11-12,14-15,27H,5-6,9-10,22H2,1-3H3. The molecule has 1 aliphatic carbocycles. The second-order valence-corrected chi connectivity index (χ2v) is 7.86. The molecule has 1 aromatic carbocycles. The summed E-state index contributed by atoms with van der Waals surface area (Å²) in [5, 5.41) is 9.77. The lowest BCUT2D eigenvalue weighted by molar-refractivity contribution is 0.147. The van der Waals surface area contributed by atoms with Crippen molar-refractivity contribution in [1.82, 2.24) is 19.5 Å². The largest absolute Gasteiger partial charge is 0.493 e. The van der Waals surface area contributed by atoms with E-state index >= 15 is 0 Å². The van der Waals surface area contributed by atoms with E-state index in [9.17, 15) is 5.11 Å². The van der Waals surface area contributed by atoms with E-state index in [-0.39, 0.29) is 18.1 Å². The highest BCUT2D eigenvalue weighted by Gasteiger charge is 2.25. The van der Waals surface area contributed by atoms with Gasteiger partial charge in [0.05, 0.1) is 26.1 Å². The molecule has 0 aromatic heterocycles. The minimum atomic E-state index is -0.287. The maximum atomic E-state index is 9.77. The molecule has 3 aliphatic rings. The second-order valence-electron chi connectivity index (χ2n) is 7.86. The van der Waals surface area contributed by atoms with E-state index in [1.165, 1.54) is 0 Å². The lowest BCUT2D eigenvalue weighted by atomic mass is 10.2. The molecular weight excluding hydrogens is 370 g/mol. The van der Waals surface area contributed by atoms with Crippen LogP contribution in [-0.2, 0) is 6.54 Å². The van der Waals surface area contributed by atoms with Crippen LogP contribution in [0.25, 0.3) is 11.5 Å². The average Bonchev–Trinajstić information content (AvgIpc) is 3.32. The Hall–Kier alpha value is -2.87. The number of aliphatic hydroxyl groups excluding tert-OH is 1. The number of fused-ring (bicyclic) bond motifs is 1. The van der Waals surface area contributed by atoms with Gasteiger partial charge in [0.15, 0.2) is 28.8 Å². The van der Waals surface area contributed by atoms with Crippen molar-refractivity contribution >= 4 is 5.82 Å². The third kappa shape index (κ3) is 3.98. The highest BCUT2D eigenvalue weighted by molar-refractivity contribution is 5.65. The van der Waals surface area contributed by atoms with Gasteiger partial charge in [0.1, 0.15) is 11.9 Å². The van der Waals surface area contributed by atoms with Gasteiger partial charge in [0.25, 0.3) is 0 Å². The Labute approximate surface area is 170 Å². The smallest absolute Gasteiger partial charge is 0.166 e. The molecule has 3 N–H and O–H groups in total. The van der Waals surface area contributed by atoms with Crippen LogP contribution >= 0.6 is 0 Å². The van der Waals surface area contributed by atoms with Crippen LogP contribution < -0.4 is 15.2 Å². The molecule has 0 radical (unpaired) electrons. The highest BCUT2D eigenvalue weighted by Crippen LogP contribution is 2.33. The van der Waals surface area contributed by atoms with E-state index in [1.807, 2.05) is 22.8 Å². The monoisotopic (exact) mass is 397 g/mol. The number of rotatable bonds is 6. The average molecular weight is 397 g/mol. The predicted octanol–water partition coefficient (Wildman–Crippen LogP) is 2.83. The van der Waals surface area contributed by atoms with E-state index in [0.717, 1.165) is 30.1 Å². The second kappa shape index (κ2) is 7.87. The summed E-state index contributed by atoms with van der Waals surface area (Å²) in [5.74, 6) is 3.43. The Balaban J connectivity index is 1.62. The molecule has 0 saturated heterocycles. The summed E-state index contributed by atoms with van der Waals surface area (Å²) in [6.45, 7) is 4.65. The normalized spacial score (nSPS) is 19.2. The minimum absolute atomic E-state index is 0.00115. The van der Waals surface area contributed by atoms with Crippen molar-refractivity contribution in [2.24, 2.45) is 0 Å². The molecule has 1 aromatic rings. The van der Waals surface area contributed by atoms with Gasteiger partial charge in [-0.15, -0.1) is 0 Å². The number of nitrogen functional groups attached to an aromatic ring is 1. The molecule has 8 heteroatoms. The molecule has 29 heavy (non-hydrogen) atoms. The Bertz CT molecular complexity index is 971. The molecule has 154 valence electrons. The van der Waals surface area contributed by atoms with Crippen LogP contribution in [0.5, 0.6) is 11.5 Å². The Morgan fingerprint density at radius 1 is 1.24 bits per heavy atom. The zero-order valence-corrected chi connectivity index (χ0v) is 17.0. The molecule has 1 saturated carbocycles.